The molecule has 0 heterocycles. The predicted molar refractivity (Wildman–Crippen MR) is 85.8 cm³/mol. The van der Waals surface area contributed by atoms with Crippen molar-refractivity contribution >= 4 is 5.91 Å². The van der Waals surface area contributed by atoms with Crippen LogP contribution in [0.25, 0.3) is 0 Å². The number of hydrogen-bond donors (Lipinski definition) is 2. The fourth-order valence-corrected chi connectivity index (χ4v) is 2.28. The first kappa shape index (κ1) is 16.0. The van der Waals surface area contributed by atoms with Gasteiger partial charge in [-0.15, -0.1) is 0 Å². The minimum atomic E-state index is -0.734. The van der Waals surface area contributed by atoms with Gasteiger partial charge in [-0.3, -0.25) is 4.79 Å². The molecule has 2 rings (SSSR count). The first-order chi connectivity index (χ1) is 10.5. The van der Waals surface area contributed by atoms with Crippen LogP contribution in [0.15, 0.2) is 48.5 Å². The lowest BCUT2D eigenvalue weighted by Crippen LogP contribution is -2.34. The maximum atomic E-state index is 12.5. The fourth-order valence-electron chi connectivity index (χ4n) is 2.28. The average molecular weight is 299 g/mol. The summed E-state index contributed by atoms with van der Waals surface area (Å²) in [6.45, 7) is 4.55. The van der Waals surface area contributed by atoms with Crippen molar-refractivity contribution in [1.82, 2.24) is 4.90 Å². The lowest BCUT2D eigenvalue weighted by Gasteiger charge is -2.24. The van der Waals surface area contributed by atoms with E-state index in [2.05, 4.69) is 0 Å². The number of phenols is 1. The Morgan fingerprint density at radius 2 is 1.86 bits per heavy atom. The van der Waals surface area contributed by atoms with Gasteiger partial charge >= 0.3 is 0 Å². The number of aryl methyl sites for hydroxylation is 1. The van der Waals surface area contributed by atoms with Crippen LogP contribution in [-0.2, 0) is 0 Å². The molecular weight excluding hydrogens is 278 g/mol. The second-order valence-electron chi connectivity index (χ2n) is 5.32. The van der Waals surface area contributed by atoms with E-state index in [1.807, 2.05) is 38.1 Å². The van der Waals surface area contributed by atoms with Crippen LogP contribution in [0.3, 0.4) is 0 Å². The summed E-state index contributed by atoms with van der Waals surface area (Å²) in [7, 11) is 0. The smallest absolute Gasteiger partial charge is 0.254 e. The van der Waals surface area contributed by atoms with Crippen LogP contribution >= 0.6 is 0 Å². The van der Waals surface area contributed by atoms with Crippen LogP contribution in [0.2, 0.25) is 0 Å². The molecule has 0 radical (unpaired) electrons. The van der Waals surface area contributed by atoms with Crippen molar-refractivity contribution in [1.29, 1.82) is 0 Å². The fraction of sp³-hybridized carbons (Fsp3) is 0.278. The molecule has 2 N–H and O–H groups in total. The Morgan fingerprint density at radius 1 is 1.18 bits per heavy atom. The second-order valence-corrected chi connectivity index (χ2v) is 5.32. The Balaban J connectivity index is 2.11. The van der Waals surface area contributed by atoms with E-state index in [1.54, 1.807) is 17.0 Å². The summed E-state index contributed by atoms with van der Waals surface area (Å²) >= 11 is 0. The number of aromatic hydroxyl groups is 1. The van der Waals surface area contributed by atoms with Crippen LogP contribution < -0.4 is 0 Å². The Kier molecular flexibility index (Phi) is 5.17. The normalized spacial score (nSPS) is 12.0. The summed E-state index contributed by atoms with van der Waals surface area (Å²) in [5, 5.41) is 19.8. The van der Waals surface area contributed by atoms with Gasteiger partial charge in [0.15, 0.2) is 0 Å². The van der Waals surface area contributed by atoms with E-state index in [0.29, 0.717) is 12.1 Å². The zero-order valence-electron chi connectivity index (χ0n) is 12.9. The second kappa shape index (κ2) is 7.09. The molecule has 0 saturated carbocycles. The lowest BCUT2D eigenvalue weighted by molar-refractivity contribution is 0.0634. The number of aliphatic hydroxyl groups is 1. The molecule has 116 valence electrons. The Morgan fingerprint density at radius 3 is 2.45 bits per heavy atom. The first-order valence-electron chi connectivity index (χ1n) is 7.34. The first-order valence-corrected chi connectivity index (χ1v) is 7.34. The number of benzene rings is 2. The highest BCUT2D eigenvalue weighted by molar-refractivity contribution is 5.94. The zero-order chi connectivity index (χ0) is 16.1. The highest BCUT2D eigenvalue weighted by Gasteiger charge is 2.19. The summed E-state index contributed by atoms with van der Waals surface area (Å²) in [5.74, 6) is -0.148. The van der Waals surface area contributed by atoms with Gasteiger partial charge < -0.3 is 15.1 Å². The van der Waals surface area contributed by atoms with Crippen LogP contribution in [0, 0.1) is 6.92 Å². The van der Waals surface area contributed by atoms with Gasteiger partial charge in [-0.05, 0) is 37.6 Å². The summed E-state index contributed by atoms with van der Waals surface area (Å²) in [6.07, 6.45) is -0.734. The number of likely N-dealkylation sites (N-methyl/N-ethyl adjacent to an activating group) is 1. The molecule has 22 heavy (non-hydrogen) atoms. The van der Waals surface area contributed by atoms with Crippen molar-refractivity contribution in [2.24, 2.45) is 0 Å². The van der Waals surface area contributed by atoms with E-state index in [9.17, 15) is 15.0 Å². The molecule has 1 unspecified atom stereocenters. The van der Waals surface area contributed by atoms with E-state index < -0.39 is 6.10 Å². The molecule has 0 aliphatic rings. The van der Waals surface area contributed by atoms with Crippen molar-refractivity contribution in [2.75, 3.05) is 13.1 Å². The van der Waals surface area contributed by atoms with Gasteiger partial charge in [-0.1, -0.05) is 35.9 Å². The number of carbonyl (C=O) groups excluding carboxylic acids is 1. The van der Waals surface area contributed by atoms with Crippen LogP contribution in [0.1, 0.15) is 34.5 Å². The number of carbonyl (C=O) groups is 1. The van der Waals surface area contributed by atoms with Gasteiger partial charge in [-0.25, -0.2) is 0 Å². The minimum absolute atomic E-state index is 0.0565. The Hall–Kier alpha value is -2.33. The zero-order valence-corrected chi connectivity index (χ0v) is 12.9. The quantitative estimate of drug-likeness (QED) is 0.892. The van der Waals surface area contributed by atoms with E-state index in [0.717, 1.165) is 11.1 Å². The maximum Gasteiger partial charge on any atom is 0.254 e. The Bertz CT molecular complexity index is 637. The van der Waals surface area contributed by atoms with Crippen LogP contribution in [0.5, 0.6) is 5.75 Å². The van der Waals surface area contributed by atoms with Crippen molar-refractivity contribution < 1.29 is 15.0 Å². The molecule has 2 aromatic rings. The minimum Gasteiger partial charge on any atom is -0.508 e. The van der Waals surface area contributed by atoms with Crippen LogP contribution in [-0.4, -0.2) is 34.1 Å². The third-order valence-corrected chi connectivity index (χ3v) is 3.62. The molecule has 1 atom stereocenters. The van der Waals surface area contributed by atoms with Gasteiger partial charge in [0, 0.05) is 12.1 Å². The molecule has 0 aliphatic carbocycles. The van der Waals surface area contributed by atoms with Gasteiger partial charge in [0.2, 0.25) is 0 Å². The molecule has 0 fully saturated rings. The molecule has 0 spiro atoms. The lowest BCUT2D eigenvalue weighted by atomic mass is 10.1. The summed E-state index contributed by atoms with van der Waals surface area (Å²) in [4.78, 5) is 14.0. The van der Waals surface area contributed by atoms with Gasteiger partial charge in [0.05, 0.1) is 12.6 Å². The predicted octanol–water partition coefficient (Wildman–Crippen LogP) is 2.90. The standard InChI is InChI=1S/C18H21NO3/c1-3-19(18(22)15-5-4-6-16(20)11-15)12-17(21)14-9-7-13(2)8-10-14/h4-11,17,20-21H,3,12H2,1-2H3. The van der Waals surface area contributed by atoms with Gasteiger partial charge in [0.25, 0.3) is 5.91 Å². The van der Waals surface area contributed by atoms with Gasteiger partial charge in [-0.2, -0.15) is 0 Å². The van der Waals surface area contributed by atoms with Crippen molar-refractivity contribution in [3.05, 3.63) is 65.2 Å². The number of phenolic OH excluding ortho intramolecular Hbond substituents is 1. The van der Waals surface area contributed by atoms with E-state index in [4.69, 9.17) is 0 Å². The third kappa shape index (κ3) is 3.86. The van der Waals surface area contributed by atoms with Crippen molar-refractivity contribution in [2.45, 2.75) is 20.0 Å². The van der Waals surface area contributed by atoms with Crippen LogP contribution in [0.4, 0.5) is 0 Å². The number of aliphatic hydroxyl groups excluding tert-OH is 1. The maximum absolute atomic E-state index is 12.5. The summed E-state index contributed by atoms with van der Waals surface area (Å²) < 4.78 is 0. The molecule has 0 aliphatic heterocycles. The topological polar surface area (TPSA) is 60.8 Å². The highest BCUT2D eigenvalue weighted by Crippen LogP contribution is 2.18. The number of hydrogen-bond acceptors (Lipinski definition) is 3. The van der Waals surface area contributed by atoms with Gasteiger partial charge in [0.1, 0.15) is 5.75 Å². The third-order valence-electron chi connectivity index (χ3n) is 3.62. The molecular formula is C18H21NO3. The summed E-state index contributed by atoms with van der Waals surface area (Å²) in [5.41, 5.74) is 2.32. The summed E-state index contributed by atoms with van der Waals surface area (Å²) in [6, 6.07) is 13.9. The van der Waals surface area contributed by atoms with Crippen molar-refractivity contribution in [3.63, 3.8) is 0 Å². The number of rotatable bonds is 5. The SMILES string of the molecule is CCN(CC(O)c1ccc(C)cc1)C(=O)c1cccc(O)c1. The molecule has 4 nitrogen and oxygen atoms in total. The van der Waals surface area contributed by atoms with E-state index >= 15 is 0 Å². The Labute approximate surface area is 130 Å². The molecule has 1 amide bonds. The number of nitrogens with zero attached hydrogens (tertiary/aromatic N) is 1. The molecule has 2 aromatic carbocycles. The molecule has 0 bridgehead atoms. The largest absolute Gasteiger partial charge is 0.508 e. The van der Waals surface area contributed by atoms with E-state index in [-0.39, 0.29) is 18.2 Å². The highest BCUT2D eigenvalue weighted by atomic mass is 16.3. The molecule has 0 saturated heterocycles. The van der Waals surface area contributed by atoms with Crippen molar-refractivity contribution in [3.8, 4) is 5.75 Å². The number of amides is 1. The molecule has 4 heteroatoms. The average Bonchev–Trinajstić information content (AvgIpc) is 2.52. The monoisotopic (exact) mass is 299 g/mol. The van der Waals surface area contributed by atoms with E-state index in [1.165, 1.54) is 12.1 Å². The molecule has 0 aromatic heterocycles.